The fourth-order valence-corrected chi connectivity index (χ4v) is 3.97. The smallest absolute Gasteiger partial charge is 0.333 e. The van der Waals surface area contributed by atoms with E-state index in [0.29, 0.717) is 0 Å². The molecule has 0 spiro atoms. The van der Waals surface area contributed by atoms with E-state index in [0.717, 1.165) is 16.7 Å². The quantitative estimate of drug-likeness (QED) is 0.754. The number of rotatable bonds is 3. The number of nitrogens with zero attached hydrogens (tertiary/aromatic N) is 4. The number of carbonyl (C=O) groups excluding carboxylic acids is 2. The monoisotopic (exact) mass is 429 g/mol. The molecule has 30 heavy (non-hydrogen) atoms. The molecule has 0 bridgehead atoms. The molecular formula is C18H16F5N5O2. The first-order chi connectivity index (χ1) is 14.1. The molecule has 1 aromatic carbocycles. The summed E-state index contributed by atoms with van der Waals surface area (Å²) in [6.45, 7) is -0.262. The number of fused-ring (bicyclic) bond motifs is 2. The van der Waals surface area contributed by atoms with Crippen molar-refractivity contribution in [1.82, 2.24) is 19.7 Å². The number of alkyl halides is 3. The van der Waals surface area contributed by atoms with Crippen LogP contribution in [0, 0.1) is 11.6 Å². The summed E-state index contributed by atoms with van der Waals surface area (Å²) in [6.07, 6.45) is -4.93. The Bertz CT molecular complexity index is 1030. The number of Topliss-reactive ketones (excluding diaryl/α,β-unsaturated/α-hetero) is 1. The molecule has 1 aliphatic heterocycles. The molecule has 2 heterocycles. The van der Waals surface area contributed by atoms with Crippen molar-refractivity contribution < 1.29 is 31.5 Å². The van der Waals surface area contributed by atoms with Gasteiger partial charge >= 0.3 is 6.18 Å². The standard InChI is InChI=1S/C18H16F5N5O2/c19-11-3-8-9(5-14(29)10(8)4-12(11)20)13(24)6-16(30)27-1-2-28-15(7-27)25-26-17(28)18(21,22)23/h3-4,9,13H,1-2,5-7,24H2. The normalized spacial score (nSPS) is 19.6. The molecule has 7 nitrogen and oxygen atoms in total. The van der Waals surface area contributed by atoms with Crippen molar-refractivity contribution >= 4 is 11.7 Å². The average Bonchev–Trinajstić information content (AvgIpc) is 3.23. The molecule has 0 saturated heterocycles. The van der Waals surface area contributed by atoms with Gasteiger partial charge in [0.15, 0.2) is 23.2 Å². The second-order valence-corrected chi connectivity index (χ2v) is 7.36. The Labute approximate surface area is 166 Å². The summed E-state index contributed by atoms with van der Waals surface area (Å²) in [5.74, 6) is -4.83. The summed E-state index contributed by atoms with van der Waals surface area (Å²) in [5.41, 5.74) is 6.42. The first-order valence-electron chi connectivity index (χ1n) is 9.11. The van der Waals surface area contributed by atoms with Crippen LogP contribution in [0.1, 0.15) is 46.3 Å². The molecule has 0 radical (unpaired) electrons. The Kier molecular flexibility index (Phi) is 4.83. The Hall–Kier alpha value is -2.89. The molecule has 1 aliphatic carbocycles. The lowest BCUT2D eigenvalue weighted by Gasteiger charge is -2.30. The van der Waals surface area contributed by atoms with Gasteiger partial charge in [0.2, 0.25) is 11.7 Å². The molecule has 1 amide bonds. The van der Waals surface area contributed by atoms with E-state index in [1.807, 2.05) is 0 Å². The second kappa shape index (κ2) is 7.11. The van der Waals surface area contributed by atoms with Crippen LogP contribution in [0.25, 0.3) is 0 Å². The van der Waals surface area contributed by atoms with Crippen LogP contribution in [0.3, 0.4) is 0 Å². The molecule has 2 aromatic rings. The van der Waals surface area contributed by atoms with E-state index in [2.05, 4.69) is 10.2 Å². The zero-order valence-corrected chi connectivity index (χ0v) is 15.4. The maximum atomic E-state index is 13.6. The molecule has 2 unspecified atom stereocenters. The van der Waals surface area contributed by atoms with Crippen LogP contribution >= 0.6 is 0 Å². The van der Waals surface area contributed by atoms with Crippen molar-refractivity contribution in [2.45, 2.75) is 44.1 Å². The number of hydrogen-bond acceptors (Lipinski definition) is 5. The molecule has 1 aromatic heterocycles. The molecule has 4 rings (SSSR count). The Morgan fingerprint density at radius 2 is 1.90 bits per heavy atom. The number of halogens is 5. The third-order valence-corrected chi connectivity index (χ3v) is 5.48. The molecule has 12 heteroatoms. The fourth-order valence-electron chi connectivity index (χ4n) is 3.97. The second-order valence-electron chi connectivity index (χ2n) is 7.36. The van der Waals surface area contributed by atoms with Crippen LogP contribution in [-0.4, -0.2) is 43.9 Å². The summed E-state index contributed by atoms with van der Waals surface area (Å²) < 4.78 is 66.7. The van der Waals surface area contributed by atoms with E-state index in [1.165, 1.54) is 4.90 Å². The van der Waals surface area contributed by atoms with Gasteiger partial charge in [-0.25, -0.2) is 8.78 Å². The third kappa shape index (κ3) is 3.44. The Balaban J connectivity index is 1.46. The van der Waals surface area contributed by atoms with Gasteiger partial charge in [-0.15, -0.1) is 10.2 Å². The van der Waals surface area contributed by atoms with Crippen molar-refractivity contribution in [2.24, 2.45) is 5.73 Å². The van der Waals surface area contributed by atoms with Crippen molar-refractivity contribution in [3.63, 3.8) is 0 Å². The maximum absolute atomic E-state index is 13.6. The lowest BCUT2D eigenvalue weighted by molar-refractivity contribution is -0.148. The van der Waals surface area contributed by atoms with Crippen molar-refractivity contribution in [3.8, 4) is 0 Å². The fraction of sp³-hybridized carbons (Fsp3) is 0.444. The first-order valence-corrected chi connectivity index (χ1v) is 9.11. The number of ketones is 1. The number of benzene rings is 1. The SMILES string of the molecule is NC(CC(=O)N1CCn2c(nnc2C(F)(F)F)C1)C1CC(=O)c2cc(F)c(F)cc21. The van der Waals surface area contributed by atoms with E-state index in [9.17, 15) is 31.5 Å². The minimum Gasteiger partial charge on any atom is -0.333 e. The molecule has 2 aliphatic rings. The summed E-state index contributed by atoms with van der Waals surface area (Å²) in [7, 11) is 0. The van der Waals surface area contributed by atoms with Gasteiger partial charge in [0.1, 0.15) is 0 Å². The topological polar surface area (TPSA) is 94.1 Å². The summed E-state index contributed by atoms with van der Waals surface area (Å²) >= 11 is 0. The van der Waals surface area contributed by atoms with Gasteiger partial charge in [-0.2, -0.15) is 13.2 Å². The van der Waals surface area contributed by atoms with Crippen LogP contribution in [-0.2, 0) is 24.1 Å². The maximum Gasteiger partial charge on any atom is 0.451 e. The Morgan fingerprint density at radius 3 is 2.60 bits per heavy atom. The van der Waals surface area contributed by atoms with E-state index < -0.39 is 41.5 Å². The lowest BCUT2D eigenvalue weighted by atomic mass is 9.91. The van der Waals surface area contributed by atoms with Gasteiger partial charge in [-0.05, 0) is 17.7 Å². The zero-order valence-electron chi connectivity index (χ0n) is 15.4. The summed E-state index contributed by atoms with van der Waals surface area (Å²) in [4.78, 5) is 26.1. The minimum atomic E-state index is -4.64. The first kappa shape index (κ1) is 20.4. The number of nitrogens with two attached hydrogens (primary N) is 1. The van der Waals surface area contributed by atoms with E-state index in [1.54, 1.807) is 0 Å². The van der Waals surface area contributed by atoms with Crippen LogP contribution < -0.4 is 5.73 Å². The number of carbonyl (C=O) groups is 2. The lowest BCUT2D eigenvalue weighted by Crippen LogP contribution is -2.42. The molecule has 2 N–H and O–H groups in total. The van der Waals surface area contributed by atoms with Crippen LogP contribution in [0.2, 0.25) is 0 Å². The highest BCUT2D eigenvalue weighted by Gasteiger charge is 2.40. The average molecular weight is 429 g/mol. The third-order valence-electron chi connectivity index (χ3n) is 5.48. The van der Waals surface area contributed by atoms with Gasteiger partial charge in [0, 0.05) is 43.5 Å². The van der Waals surface area contributed by atoms with Gasteiger partial charge in [0.05, 0.1) is 6.54 Å². The number of aromatic nitrogens is 3. The summed E-state index contributed by atoms with van der Waals surface area (Å²) in [6, 6.07) is 0.905. The number of amides is 1. The predicted octanol–water partition coefficient (Wildman–Crippen LogP) is 2.00. The zero-order chi connectivity index (χ0) is 21.8. The highest BCUT2D eigenvalue weighted by atomic mass is 19.4. The Morgan fingerprint density at radius 1 is 1.20 bits per heavy atom. The minimum absolute atomic E-state index is 0.00873. The molecule has 2 atom stereocenters. The highest BCUT2D eigenvalue weighted by molar-refractivity contribution is 6.01. The molecular weight excluding hydrogens is 413 g/mol. The molecule has 0 fully saturated rings. The van der Waals surface area contributed by atoms with Crippen LogP contribution in [0.15, 0.2) is 12.1 Å². The highest BCUT2D eigenvalue weighted by Crippen LogP contribution is 2.37. The van der Waals surface area contributed by atoms with Crippen molar-refractivity contribution in [1.29, 1.82) is 0 Å². The largest absolute Gasteiger partial charge is 0.451 e. The van der Waals surface area contributed by atoms with Gasteiger partial charge in [0.25, 0.3) is 0 Å². The van der Waals surface area contributed by atoms with Gasteiger partial charge in [-0.3, -0.25) is 9.59 Å². The molecule has 0 saturated carbocycles. The van der Waals surface area contributed by atoms with Gasteiger partial charge in [-0.1, -0.05) is 0 Å². The molecule has 160 valence electrons. The van der Waals surface area contributed by atoms with Crippen molar-refractivity contribution in [2.75, 3.05) is 6.54 Å². The number of hydrogen-bond donors (Lipinski definition) is 1. The van der Waals surface area contributed by atoms with E-state index in [4.69, 9.17) is 5.73 Å². The van der Waals surface area contributed by atoms with Crippen molar-refractivity contribution in [3.05, 3.63) is 46.5 Å². The van der Waals surface area contributed by atoms with E-state index in [-0.39, 0.29) is 55.2 Å². The van der Waals surface area contributed by atoms with E-state index >= 15 is 0 Å². The predicted molar refractivity (Wildman–Crippen MR) is 91.1 cm³/mol. The summed E-state index contributed by atoms with van der Waals surface area (Å²) in [5, 5.41) is 6.67. The van der Waals surface area contributed by atoms with Crippen LogP contribution in [0.5, 0.6) is 0 Å². The van der Waals surface area contributed by atoms with Crippen LogP contribution in [0.4, 0.5) is 22.0 Å². The van der Waals surface area contributed by atoms with Gasteiger partial charge < -0.3 is 15.2 Å².